The number of phenols is 1. The molecule has 0 aliphatic heterocycles. The van der Waals surface area contributed by atoms with Crippen molar-refractivity contribution in [3.8, 4) is 11.5 Å². The van der Waals surface area contributed by atoms with Crippen molar-refractivity contribution < 1.29 is 14.9 Å². The second-order valence-electron chi connectivity index (χ2n) is 5.12. The number of ether oxygens (including phenoxy) is 1. The minimum atomic E-state index is -0.646. The fourth-order valence-electron chi connectivity index (χ4n) is 1.85. The highest BCUT2D eigenvalue weighted by Crippen LogP contribution is 2.37. The van der Waals surface area contributed by atoms with Gasteiger partial charge in [0.05, 0.1) is 24.3 Å². The number of aromatic hydroxyl groups is 1. The molecule has 108 valence electrons. The molecule has 0 heterocycles. The van der Waals surface area contributed by atoms with Crippen LogP contribution in [0, 0.1) is 5.92 Å². The first-order valence-corrected chi connectivity index (χ1v) is 6.74. The summed E-state index contributed by atoms with van der Waals surface area (Å²) in [6, 6.07) is 2.61. The smallest absolute Gasteiger partial charge is 0.176 e. The van der Waals surface area contributed by atoms with Gasteiger partial charge in [-0.25, -0.2) is 0 Å². The Morgan fingerprint density at radius 3 is 2.47 bits per heavy atom. The Kier molecular flexibility index (Phi) is 5.91. The molecule has 1 rings (SSSR count). The van der Waals surface area contributed by atoms with E-state index in [2.05, 4.69) is 13.8 Å². The van der Waals surface area contributed by atoms with Gasteiger partial charge in [-0.15, -0.1) is 0 Å². The van der Waals surface area contributed by atoms with E-state index < -0.39 is 12.1 Å². The lowest BCUT2D eigenvalue weighted by molar-refractivity contribution is 0.128. The average molecular weight is 288 g/mol. The molecule has 5 heteroatoms. The third-order valence-corrected chi connectivity index (χ3v) is 3.40. The van der Waals surface area contributed by atoms with Gasteiger partial charge in [0.2, 0.25) is 0 Å². The summed E-state index contributed by atoms with van der Waals surface area (Å²) in [6.45, 7) is 4.19. The maximum absolute atomic E-state index is 10.1. The lowest BCUT2D eigenvalue weighted by atomic mass is 9.96. The molecule has 0 amide bonds. The number of aliphatic hydroxyl groups excluding tert-OH is 1. The predicted molar refractivity (Wildman–Crippen MR) is 76.7 cm³/mol. The molecule has 2 atom stereocenters. The normalized spacial score (nSPS) is 14.5. The molecule has 0 aromatic heterocycles. The molecule has 0 saturated carbocycles. The second kappa shape index (κ2) is 6.98. The molecule has 0 radical (unpaired) electrons. The zero-order valence-corrected chi connectivity index (χ0v) is 12.3. The molecule has 0 saturated heterocycles. The maximum atomic E-state index is 10.1. The monoisotopic (exact) mass is 287 g/mol. The highest BCUT2D eigenvalue weighted by Gasteiger charge is 2.20. The topological polar surface area (TPSA) is 75.7 Å². The lowest BCUT2D eigenvalue weighted by Crippen LogP contribution is -2.26. The van der Waals surface area contributed by atoms with Gasteiger partial charge >= 0.3 is 0 Å². The third-order valence-electron chi connectivity index (χ3n) is 3.11. The first-order valence-electron chi connectivity index (χ1n) is 6.36. The largest absolute Gasteiger partial charge is 0.503 e. The van der Waals surface area contributed by atoms with E-state index in [1.165, 1.54) is 7.11 Å². The van der Waals surface area contributed by atoms with Crippen LogP contribution in [0.3, 0.4) is 0 Å². The average Bonchev–Trinajstić information content (AvgIpc) is 2.37. The van der Waals surface area contributed by atoms with E-state index in [9.17, 15) is 10.2 Å². The van der Waals surface area contributed by atoms with E-state index in [1.807, 2.05) is 0 Å². The second-order valence-corrected chi connectivity index (χ2v) is 5.53. The Hall–Kier alpha value is -0.970. The van der Waals surface area contributed by atoms with Gasteiger partial charge in [0.25, 0.3) is 0 Å². The van der Waals surface area contributed by atoms with Crippen LogP contribution in [0.5, 0.6) is 11.5 Å². The van der Waals surface area contributed by atoms with Crippen LogP contribution in [0.1, 0.15) is 38.3 Å². The number of halogens is 1. The third kappa shape index (κ3) is 4.27. The van der Waals surface area contributed by atoms with Crippen LogP contribution in [0.15, 0.2) is 12.1 Å². The minimum absolute atomic E-state index is 0.114. The van der Waals surface area contributed by atoms with E-state index in [0.717, 1.165) is 6.42 Å². The Morgan fingerprint density at radius 1 is 1.32 bits per heavy atom. The zero-order chi connectivity index (χ0) is 14.6. The number of aliphatic hydroxyl groups is 1. The molecule has 4 nitrogen and oxygen atoms in total. The van der Waals surface area contributed by atoms with Crippen LogP contribution in [0.4, 0.5) is 0 Å². The molecule has 0 unspecified atom stereocenters. The van der Waals surface area contributed by atoms with Gasteiger partial charge in [0.15, 0.2) is 11.5 Å². The van der Waals surface area contributed by atoms with Crippen LogP contribution < -0.4 is 10.5 Å². The van der Waals surface area contributed by atoms with Crippen LogP contribution >= 0.6 is 11.6 Å². The molecule has 0 spiro atoms. The number of hydrogen-bond donors (Lipinski definition) is 3. The van der Waals surface area contributed by atoms with Gasteiger partial charge in [0, 0.05) is 0 Å². The molecule has 1 aromatic carbocycles. The van der Waals surface area contributed by atoms with Crippen molar-refractivity contribution in [2.24, 2.45) is 11.7 Å². The maximum Gasteiger partial charge on any atom is 0.176 e. The van der Waals surface area contributed by atoms with Gasteiger partial charge in [-0.3, -0.25) is 0 Å². The first kappa shape index (κ1) is 16.1. The summed E-state index contributed by atoms with van der Waals surface area (Å²) in [5, 5.41) is 19.9. The van der Waals surface area contributed by atoms with Crippen molar-refractivity contribution in [3.63, 3.8) is 0 Å². The summed E-state index contributed by atoms with van der Waals surface area (Å²) < 4.78 is 5.02. The summed E-state index contributed by atoms with van der Waals surface area (Å²) in [6.07, 6.45) is 0.880. The number of methoxy groups -OCH3 is 1. The van der Waals surface area contributed by atoms with Crippen LogP contribution in [0.2, 0.25) is 5.02 Å². The summed E-state index contributed by atoms with van der Waals surface area (Å²) >= 11 is 5.91. The van der Waals surface area contributed by atoms with Crippen molar-refractivity contribution in [3.05, 3.63) is 22.7 Å². The molecule has 0 aliphatic rings. The van der Waals surface area contributed by atoms with E-state index in [0.29, 0.717) is 17.9 Å². The van der Waals surface area contributed by atoms with Gasteiger partial charge in [0.1, 0.15) is 0 Å². The molecular formula is C14H22ClNO3. The fourth-order valence-corrected chi connectivity index (χ4v) is 2.07. The Labute approximate surface area is 119 Å². The number of hydrogen-bond acceptors (Lipinski definition) is 4. The number of benzene rings is 1. The SMILES string of the molecule is COc1cc([C@H](N)[C@H](O)CCC(C)C)cc(Cl)c1O. The summed E-state index contributed by atoms with van der Waals surface area (Å²) in [5.41, 5.74) is 6.67. The van der Waals surface area contributed by atoms with Crippen molar-refractivity contribution in [1.82, 2.24) is 0 Å². The number of nitrogens with two attached hydrogens (primary N) is 1. The van der Waals surface area contributed by atoms with Gasteiger partial charge in [-0.1, -0.05) is 25.4 Å². The molecule has 0 bridgehead atoms. The van der Waals surface area contributed by atoms with Crippen LogP contribution in [0.25, 0.3) is 0 Å². The molecule has 0 fully saturated rings. The molecule has 19 heavy (non-hydrogen) atoms. The Morgan fingerprint density at radius 2 is 1.95 bits per heavy atom. The predicted octanol–water partition coefficient (Wildman–Crippen LogP) is 2.85. The fraction of sp³-hybridized carbons (Fsp3) is 0.571. The van der Waals surface area contributed by atoms with Crippen molar-refractivity contribution in [1.29, 1.82) is 0 Å². The van der Waals surface area contributed by atoms with Crippen LogP contribution in [-0.4, -0.2) is 23.4 Å². The van der Waals surface area contributed by atoms with E-state index >= 15 is 0 Å². The van der Waals surface area contributed by atoms with Gasteiger partial charge < -0.3 is 20.7 Å². The highest BCUT2D eigenvalue weighted by molar-refractivity contribution is 6.32. The molecule has 0 aliphatic carbocycles. The standard InChI is InChI=1S/C14H22ClNO3/c1-8(2)4-5-11(17)13(16)9-6-10(15)14(18)12(7-9)19-3/h6-8,11,13,17-18H,4-5,16H2,1-3H3/t11-,13+/m1/s1. The van der Waals surface area contributed by atoms with Gasteiger partial charge in [-0.2, -0.15) is 0 Å². The quantitative estimate of drug-likeness (QED) is 0.752. The van der Waals surface area contributed by atoms with Crippen LogP contribution in [-0.2, 0) is 0 Å². The van der Waals surface area contributed by atoms with Crippen molar-refractivity contribution in [2.45, 2.75) is 38.8 Å². The lowest BCUT2D eigenvalue weighted by Gasteiger charge is -2.21. The Balaban J connectivity index is 2.87. The van der Waals surface area contributed by atoms with Crippen molar-refractivity contribution >= 4 is 11.6 Å². The number of phenolic OH excluding ortho intramolecular Hbond substituents is 1. The van der Waals surface area contributed by atoms with Crippen molar-refractivity contribution in [2.75, 3.05) is 7.11 Å². The summed E-state index contributed by atoms with van der Waals surface area (Å²) in [5.74, 6) is 0.658. The van der Waals surface area contributed by atoms with E-state index in [-0.39, 0.29) is 16.5 Å². The molecule has 1 aromatic rings. The minimum Gasteiger partial charge on any atom is -0.503 e. The Bertz CT molecular complexity index is 423. The summed E-state index contributed by atoms with van der Waals surface area (Å²) in [4.78, 5) is 0. The molecule has 4 N–H and O–H groups in total. The summed E-state index contributed by atoms with van der Waals surface area (Å²) in [7, 11) is 1.44. The highest BCUT2D eigenvalue weighted by atomic mass is 35.5. The van der Waals surface area contributed by atoms with Gasteiger partial charge in [-0.05, 0) is 36.5 Å². The first-order chi connectivity index (χ1) is 8.86. The number of rotatable bonds is 6. The molecular weight excluding hydrogens is 266 g/mol. The zero-order valence-electron chi connectivity index (χ0n) is 11.6. The van der Waals surface area contributed by atoms with E-state index in [1.54, 1.807) is 12.1 Å². The van der Waals surface area contributed by atoms with E-state index in [4.69, 9.17) is 22.1 Å².